The topological polar surface area (TPSA) is 395 Å². The van der Waals surface area contributed by atoms with Crippen LogP contribution in [0.15, 0.2) is 17.3 Å². The minimum absolute atomic E-state index is 0.00410. The monoisotopic (exact) mass is 1380 g/mol. The fourth-order valence-corrected chi connectivity index (χ4v) is 13.0. The summed E-state index contributed by atoms with van der Waals surface area (Å²) in [7, 11) is -5.49. The number of aliphatic hydroxyl groups excluding tert-OH is 2. The maximum atomic E-state index is 14.9. The summed E-state index contributed by atoms with van der Waals surface area (Å²) in [6.45, 7) is 40.6. The number of amides is 8. The highest BCUT2D eigenvalue weighted by Crippen LogP contribution is 2.42. The van der Waals surface area contributed by atoms with E-state index in [9.17, 15) is 61.8 Å². The number of carbonyl (C=O) groups excluding carboxylic acids is 9. The van der Waals surface area contributed by atoms with Crippen LogP contribution in [-0.2, 0) is 73.7 Å². The lowest BCUT2D eigenvalue weighted by Gasteiger charge is -2.35. The van der Waals surface area contributed by atoms with Crippen LogP contribution in [0.2, 0.25) is 25.7 Å². The zero-order valence-corrected chi connectivity index (χ0v) is 62.3. The molecule has 0 aromatic heterocycles. The van der Waals surface area contributed by atoms with Gasteiger partial charge in [-0.25, -0.2) is 18.0 Å². The van der Waals surface area contributed by atoms with Crippen LogP contribution in [0, 0.1) is 32.6 Å². The van der Waals surface area contributed by atoms with Crippen molar-refractivity contribution in [2.24, 2.45) is 11.8 Å². The van der Waals surface area contributed by atoms with E-state index in [1.165, 1.54) is 6.92 Å². The first-order valence-electron chi connectivity index (χ1n) is 32.4. The Morgan fingerprint density at radius 1 is 0.642 bits per heavy atom. The number of esters is 1. The molecule has 1 aliphatic heterocycles. The fourth-order valence-electron chi connectivity index (χ4n) is 9.89. The lowest BCUT2D eigenvalue weighted by molar-refractivity contribution is -0.149. The Balaban J connectivity index is 2.56. The Morgan fingerprint density at radius 3 is 1.67 bits per heavy atom. The van der Waals surface area contributed by atoms with Crippen LogP contribution in [-0.4, -0.2) is 190 Å². The summed E-state index contributed by atoms with van der Waals surface area (Å²) in [5, 5.41) is 45.5. The highest BCUT2D eigenvalue weighted by Gasteiger charge is 2.40. The number of methoxy groups -OCH3 is 1. The number of carbonyl (C=O) groups is 9. The zero-order valence-electron chi connectivity index (χ0n) is 60.5. The Labute approximate surface area is 564 Å². The largest absolute Gasteiger partial charge is 0.487 e. The van der Waals surface area contributed by atoms with E-state index in [4.69, 9.17) is 23.7 Å². The lowest BCUT2D eigenvalue weighted by Crippen LogP contribution is -2.62. The minimum atomic E-state index is -4.23. The summed E-state index contributed by atoms with van der Waals surface area (Å²) >= 11 is 0. The van der Waals surface area contributed by atoms with Gasteiger partial charge in [0.05, 0.1) is 55.2 Å². The normalized spacial score (nSPS) is 16.2. The van der Waals surface area contributed by atoms with Crippen molar-refractivity contribution in [3.8, 4) is 5.75 Å². The van der Waals surface area contributed by atoms with Crippen molar-refractivity contribution in [2.75, 3.05) is 33.4 Å². The molecule has 542 valence electrons. The van der Waals surface area contributed by atoms with Gasteiger partial charge in [0.1, 0.15) is 59.0 Å². The molecule has 0 fully saturated rings. The van der Waals surface area contributed by atoms with E-state index < -0.39 is 161 Å². The molecule has 0 aliphatic carbocycles. The third-order valence-corrected chi connectivity index (χ3v) is 18.2. The van der Waals surface area contributed by atoms with Crippen molar-refractivity contribution in [1.29, 1.82) is 0 Å². The van der Waals surface area contributed by atoms with Crippen LogP contribution >= 0.6 is 0 Å². The number of ether oxygens (including phenoxy) is 5. The molecule has 12 N–H and O–H groups in total. The zero-order chi connectivity index (χ0) is 73.3. The Bertz CT molecular complexity index is 2990. The van der Waals surface area contributed by atoms with E-state index >= 15 is 0 Å². The molecule has 30 heteroatoms. The van der Waals surface area contributed by atoms with Crippen LogP contribution in [0.4, 0.5) is 4.79 Å². The van der Waals surface area contributed by atoms with Crippen LogP contribution in [0.25, 0.3) is 0 Å². The van der Waals surface area contributed by atoms with E-state index in [0.717, 1.165) is 12.7 Å². The molecule has 2 rings (SSSR count). The van der Waals surface area contributed by atoms with Gasteiger partial charge in [-0.1, -0.05) is 53.9 Å². The third-order valence-electron chi connectivity index (χ3n) is 14.9. The lowest BCUT2D eigenvalue weighted by atomic mass is 9.88. The van der Waals surface area contributed by atoms with E-state index in [1.54, 1.807) is 104 Å². The maximum absolute atomic E-state index is 14.9. The predicted octanol–water partition coefficient (Wildman–Crippen LogP) is 3.34. The molecule has 28 nitrogen and oxygen atoms in total. The standard InChI is InChI=1S/C65H114N10O18SSi/c1-35(2)30-44(70-59(84)50(51(78)36(3)4)74-61(86)93-64(16,17)18)55(80)69-43(26-25-29-66-41(9)75-94(87,88)53-38(6)37(5)52-42(39(53)7)27-28-65(19,20)92-52)54(79)72-47(34-95(22,23)24)57(82)73-49(40(8)76)58(83)67-31-48(77)68-45(32-90-62(10,11)12)56(81)71-46(60(85)89-21)33-91-63(13,14)15/h35-36,40,43-47,49-51,66,75-76,78H,9,25-34H2,1-8,10-24H3,(H,67,83)(H,68,77)(H,69,80)(H,70,84)(H,71,81)(H,72,79)(H,73,82)(H,74,86)/t40-,43+,44-,45-,46-,47-,49-,50-,51+/m0/s1. The summed E-state index contributed by atoms with van der Waals surface area (Å²) in [6, 6.07) is -10.3. The molecule has 9 atom stereocenters. The highest BCUT2D eigenvalue weighted by molar-refractivity contribution is 7.89. The van der Waals surface area contributed by atoms with E-state index in [1.807, 2.05) is 40.4 Å². The van der Waals surface area contributed by atoms with Crippen molar-refractivity contribution in [2.45, 2.75) is 271 Å². The maximum Gasteiger partial charge on any atom is 0.408 e. The molecule has 0 spiro atoms. The van der Waals surface area contributed by atoms with Gasteiger partial charge in [0.25, 0.3) is 10.0 Å². The molecule has 0 radical (unpaired) electrons. The second-order valence-corrected chi connectivity index (χ2v) is 37.1. The average molecular weight is 1380 g/mol. The molecule has 0 bridgehead atoms. The van der Waals surface area contributed by atoms with Crippen molar-refractivity contribution < 1.29 is 85.5 Å². The van der Waals surface area contributed by atoms with Crippen LogP contribution in [0.3, 0.4) is 0 Å². The minimum Gasteiger partial charge on any atom is -0.487 e. The first kappa shape index (κ1) is 84.5. The molecule has 8 amide bonds. The summed E-state index contributed by atoms with van der Waals surface area (Å²) in [6.07, 6.45) is -2.92. The molecule has 0 unspecified atom stereocenters. The summed E-state index contributed by atoms with van der Waals surface area (Å²) < 4.78 is 58.9. The van der Waals surface area contributed by atoms with Gasteiger partial charge in [0.2, 0.25) is 41.4 Å². The average Bonchev–Trinajstić information content (AvgIpc) is 0.748. The van der Waals surface area contributed by atoms with Crippen LogP contribution in [0.5, 0.6) is 5.75 Å². The number of alkyl carbamates (subject to hydrolysis) is 1. The molecule has 95 heavy (non-hydrogen) atoms. The summed E-state index contributed by atoms with van der Waals surface area (Å²) in [5.41, 5.74) is -0.377. The van der Waals surface area contributed by atoms with Crippen molar-refractivity contribution in [1.82, 2.24) is 52.6 Å². The van der Waals surface area contributed by atoms with Crippen molar-refractivity contribution >= 4 is 71.5 Å². The number of rotatable bonds is 35. The van der Waals surface area contributed by atoms with Gasteiger partial charge in [-0.15, -0.1) is 0 Å². The number of hydrogen-bond donors (Lipinski definition) is 12. The third kappa shape index (κ3) is 29.3. The van der Waals surface area contributed by atoms with Gasteiger partial charge in [-0.3, -0.25) is 38.3 Å². The van der Waals surface area contributed by atoms with Crippen LogP contribution in [0.1, 0.15) is 159 Å². The Morgan fingerprint density at radius 2 is 1.16 bits per heavy atom. The quantitative estimate of drug-likeness (QED) is 0.0263. The second kappa shape index (κ2) is 35.6. The summed E-state index contributed by atoms with van der Waals surface area (Å²) in [5.74, 6) is -7.50. The first-order chi connectivity index (χ1) is 43.3. The molecular formula is C65H114N10O18SSi. The molecule has 1 aromatic carbocycles. The summed E-state index contributed by atoms with van der Waals surface area (Å²) in [4.78, 5) is 125. The van der Waals surface area contributed by atoms with Gasteiger partial charge in [-0.2, -0.15) is 0 Å². The molecule has 1 heterocycles. The van der Waals surface area contributed by atoms with Crippen molar-refractivity contribution in [3.05, 3.63) is 34.7 Å². The van der Waals surface area contributed by atoms with Gasteiger partial charge >= 0.3 is 12.1 Å². The van der Waals surface area contributed by atoms with E-state index in [-0.39, 0.29) is 61.7 Å². The van der Waals surface area contributed by atoms with Gasteiger partial charge in [0.15, 0.2) is 6.04 Å². The predicted molar refractivity (Wildman–Crippen MR) is 362 cm³/mol. The molecular weight excluding hydrogens is 1270 g/mol. The number of benzene rings is 1. The van der Waals surface area contributed by atoms with E-state index in [0.29, 0.717) is 35.3 Å². The molecule has 1 aliphatic rings. The smallest absolute Gasteiger partial charge is 0.408 e. The molecule has 1 aromatic rings. The fraction of sp³-hybridized carbons (Fsp3) is 0.738. The SMILES string of the molecule is C=C(NCCC[C@@H](NC(=O)[C@H](CC(C)C)NC(=O)[C@@H](NC(=O)OC(C)(C)C)[C@H](O)C(C)C)C(=O)N[C@@H](C[Si](C)(C)C)C(=O)N[C@H](C(=O)NCC(=O)N[C@@H](COC(C)(C)C)C(=O)N[C@@H](COC(C)(C)C)C(=O)OC)[C@H](C)O)NS(=O)(=O)c1c(C)c(C)c2c(c1C)CCC(C)(C)O2. The number of hydrogen-bond acceptors (Lipinski definition) is 19. The Kier molecular flexibility index (Phi) is 31.6. The molecule has 0 saturated heterocycles. The number of sulfonamides is 1. The first-order valence-corrected chi connectivity index (χ1v) is 37.6. The van der Waals surface area contributed by atoms with Crippen LogP contribution < -0.4 is 57.3 Å². The highest BCUT2D eigenvalue weighted by atomic mass is 32.2. The van der Waals surface area contributed by atoms with Gasteiger partial charge in [0, 0.05) is 14.6 Å². The molecule has 0 saturated carbocycles. The number of fused-ring (bicyclic) bond motifs is 1. The second-order valence-electron chi connectivity index (χ2n) is 30.0. The number of nitrogens with one attached hydrogen (secondary N) is 10. The van der Waals surface area contributed by atoms with E-state index in [2.05, 4.69) is 59.2 Å². The van der Waals surface area contributed by atoms with Gasteiger partial charge in [-0.05, 0) is 176 Å². The number of aliphatic hydroxyl groups is 2. The van der Waals surface area contributed by atoms with Gasteiger partial charge < -0.3 is 81.7 Å². The Hall–Kier alpha value is -6.60. The van der Waals surface area contributed by atoms with Crippen molar-refractivity contribution in [3.63, 3.8) is 0 Å².